The number of aromatic nitrogens is 1. The lowest BCUT2D eigenvalue weighted by Gasteiger charge is -2.13. The van der Waals surface area contributed by atoms with Crippen molar-refractivity contribution in [2.75, 3.05) is 26.1 Å². The molecule has 7 nitrogen and oxygen atoms in total. The predicted molar refractivity (Wildman–Crippen MR) is 112 cm³/mol. The molecule has 1 saturated heterocycles. The highest BCUT2D eigenvalue weighted by Crippen LogP contribution is 2.34. The van der Waals surface area contributed by atoms with Crippen LogP contribution in [0.25, 0.3) is 6.08 Å². The number of benzene rings is 1. The van der Waals surface area contributed by atoms with Crippen LogP contribution in [0.5, 0.6) is 11.5 Å². The van der Waals surface area contributed by atoms with Crippen molar-refractivity contribution in [3.63, 3.8) is 0 Å². The summed E-state index contributed by atoms with van der Waals surface area (Å²) in [5, 5.41) is 2.64. The smallest absolute Gasteiger partial charge is 0.266 e. The Morgan fingerprint density at radius 3 is 2.71 bits per heavy atom. The maximum absolute atomic E-state index is 12.7. The van der Waals surface area contributed by atoms with Crippen molar-refractivity contribution in [1.82, 2.24) is 9.88 Å². The number of carbonyl (C=O) groups excluding carboxylic acids is 2. The van der Waals surface area contributed by atoms with Crippen molar-refractivity contribution >= 4 is 52.0 Å². The van der Waals surface area contributed by atoms with E-state index in [4.69, 9.17) is 21.7 Å². The van der Waals surface area contributed by atoms with Gasteiger partial charge in [-0.2, -0.15) is 0 Å². The van der Waals surface area contributed by atoms with Crippen molar-refractivity contribution < 1.29 is 19.1 Å². The third-order valence-electron chi connectivity index (χ3n) is 3.81. The number of pyridine rings is 1. The number of hydrogen-bond donors (Lipinski definition) is 1. The quantitative estimate of drug-likeness (QED) is 0.574. The Balaban J connectivity index is 1.72. The van der Waals surface area contributed by atoms with E-state index in [1.807, 2.05) is 6.07 Å². The van der Waals surface area contributed by atoms with E-state index >= 15 is 0 Å². The number of hydrogen-bond acceptors (Lipinski definition) is 7. The van der Waals surface area contributed by atoms with Gasteiger partial charge in [-0.15, -0.1) is 0 Å². The summed E-state index contributed by atoms with van der Waals surface area (Å²) in [4.78, 5) is 30.6. The van der Waals surface area contributed by atoms with Crippen LogP contribution in [0.4, 0.5) is 5.82 Å². The number of nitrogens with one attached hydrogen (secondary N) is 1. The largest absolute Gasteiger partial charge is 0.493 e. The van der Waals surface area contributed by atoms with E-state index in [1.54, 1.807) is 56.8 Å². The van der Waals surface area contributed by atoms with Gasteiger partial charge in [0.05, 0.1) is 19.1 Å². The van der Waals surface area contributed by atoms with Crippen molar-refractivity contribution in [3.05, 3.63) is 53.1 Å². The van der Waals surface area contributed by atoms with Crippen LogP contribution >= 0.6 is 24.0 Å². The van der Waals surface area contributed by atoms with E-state index in [0.29, 0.717) is 26.5 Å². The molecular weight excluding hydrogens is 398 g/mol. The Morgan fingerprint density at radius 2 is 2.04 bits per heavy atom. The monoisotopic (exact) mass is 415 g/mol. The zero-order valence-electron chi connectivity index (χ0n) is 15.2. The number of thiocarbonyl (C=S) groups is 1. The molecule has 0 atom stereocenters. The second-order valence-electron chi connectivity index (χ2n) is 5.65. The molecule has 1 aliphatic heterocycles. The first kappa shape index (κ1) is 19.8. The Labute approximate surface area is 171 Å². The molecule has 2 amide bonds. The number of methoxy groups -OCH3 is 2. The molecule has 2 aromatic rings. The summed E-state index contributed by atoms with van der Waals surface area (Å²) in [6, 6.07) is 10.5. The van der Waals surface area contributed by atoms with Crippen molar-refractivity contribution in [2.24, 2.45) is 0 Å². The second-order valence-corrected chi connectivity index (χ2v) is 7.32. The highest BCUT2D eigenvalue weighted by molar-refractivity contribution is 8.26. The molecule has 9 heteroatoms. The first-order valence-electron chi connectivity index (χ1n) is 8.20. The van der Waals surface area contributed by atoms with Crippen LogP contribution < -0.4 is 14.8 Å². The Morgan fingerprint density at radius 1 is 1.25 bits per heavy atom. The first-order valence-corrected chi connectivity index (χ1v) is 9.42. The number of thioether (sulfide) groups is 1. The molecule has 144 valence electrons. The van der Waals surface area contributed by atoms with Crippen LogP contribution in [0.15, 0.2) is 47.5 Å². The molecule has 0 aliphatic carbocycles. The number of nitrogens with zero attached hydrogens (tertiary/aromatic N) is 2. The van der Waals surface area contributed by atoms with E-state index < -0.39 is 0 Å². The summed E-state index contributed by atoms with van der Waals surface area (Å²) >= 11 is 6.42. The van der Waals surface area contributed by atoms with E-state index in [9.17, 15) is 9.59 Å². The lowest BCUT2D eigenvalue weighted by molar-refractivity contribution is -0.126. The number of rotatable bonds is 6. The van der Waals surface area contributed by atoms with Crippen LogP contribution in [0.1, 0.15) is 5.56 Å². The molecule has 1 aromatic carbocycles. The Bertz CT molecular complexity index is 947. The van der Waals surface area contributed by atoms with Gasteiger partial charge >= 0.3 is 0 Å². The molecule has 1 N–H and O–H groups in total. The molecule has 1 aromatic heterocycles. The van der Waals surface area contributed by atoms with Crippen LogP contribution in [-0.2, 0) is 9.59 Å². The zero-order valence-corrected chi connectivity index (χ0v) is 16.8. The van der Waals surface area contributed by atoms with Gasteiger partial charge in [0.2, 0.25) is 5.91 Å². The fourth-order valence-electron chi connectivity index (χ4n) is 2.49. The summed E-state index contributed by atoms with van der Waals surface area (Å²) in [6.45, 7) is -0.176. The molecule has 0 saturated carbocycles. The predicted octanol–water partition coefficient (Wildman–Crippen LogP) is 2.94. The van der Waals surface area contributed by atoms with E-state index in [2.05, 4.69) is 10.3 Å². The van der Waals surface area contributed by atoms with E-state index in [1.165, 1.54) is 4.90 Å². The van der Waals surface area contributed by atoms with Gasteiger partial charge in [0, 0.05) is 6.20 Å². The van der Waals surface area contributed by atoms with Gasteiger partial charge in [0.15, 0.2) is 11.5 Å². The number of anilines is 1. The third-order valence-corrected chi connectivity index (χ3v) is 5.19. The minimum Gasteiger partial charge on any atom is -0.493 e. The summed E-state index contributed by atoms with van der Waals surface area (Å²) < 4.78 is 10.8. The van der Waals surface area contributed by atoms with E-state index in [0.717, 1.165) is 17.3 Å². The van der Waals surface area contributed by atoms with Gasteiger partial charge in [-0.1, -0.05) is 36.1 Å². The first-order chi connectivity index (χ1) is 13.5. The van der Waals surface area contributed by atoms with Crippen molar-refractivity contribution in [1.29, 1.82) is 0 Å². The molecule has 0 radical (unpaired) electrons. The minimum atomic E-state index is -0.373. The molecule has 0 unspecified atom stereocenters. The molecule has 0 spiro atoms. The third kappa shape index (κ3) is 4.49. The highest BCUT2D eigenvalue weighted by atomic mass is 32.2. The van der Waals surface area contributed by atoms with Gasteiger partial charge in [-0.05, 0) is 35.9 Å². The zero-order chi connectivity index (χ0) is 20.1. The molecule has 2 heterocycles. The van der Waals surface area contributed by atoms with Crippen molar-refractivity contribution in [2.45, 2.75) is 0 Å². The Hall–Kier alpha value is -2.91. The van der Waals surface area contributed by atoms with Crippen LogP contribution in [0.3, 0.4) is 0 Å². The average molecular weight is 415 g/mol. The molecule has 1 fully saturated rings. The van der Waals surface area contributed by atoms with Crippen LogP contribution in [0.2, 0.25) is 0 Å². The fraction of sp³-hybridized carbons (Fsp3) is 0.158. The fourth-order valence-corrected chi connectivity index (χ4v) is 3.75. The second kappa shape index (κ2) is 8.85. The van der Waals surface area contributed by atoms with Gasteiger partial charge in [-0.3, -0.25) is 14.5 Å². The van der Waals surface area contributed by atoms with Gasteiger partial charge < -0.3 is 14.8 Å². The van der Waals surface area contributed by atoms with Crippen LogP contribution in [-0.4, -0.2) is 46.8 Å². The molecule has 1 aliphatic rings. The van der Waals surface area contributed by atoms with Crippen molar-refractivity contribution in [3.8, 4) is 11.5 Å². The van der Waals surface area contributed by atoms with Gasteiger partial charge in [0.1, 0.15) is 16.7 Å². The maximum atomic E-state index is 12.7. The highest BCUT2D eigenvalue weighted by Gasteiger charge is 2.33. The van der Waals surface area contributed by atoms with Crippen LogP contribution in [0, 0.1) is 0 Å². The summed E-state index contributed by atoms with van der Waals surface area (Å²) in [5.74, 6) is 0.877. The number of amides is 2. The summed E-state index contributed by atoms with van der Waals surface area (Å²) in [6.07, 6.45) is 3.28. The average Bonchev–Trinajstić information content (AvgIpc) is 2.96. The summed E-state index contributed by atoms with van der Waals surface area (Å²) in [7, 11) is 3.10. The number of carbonyl (C=O) groups is 2. The van der Waals surface area contributed by atoms with Gasteiger partial charge in [-0.25, -0.2) is 4.98 Å². The SMILES string of the molecule is COc1ccc(/C=C2/SC(=S)N(CC(=O)Nc3ccccn3)C2=O)cc1OC. The lowest BCUT2D eigenvalue weighted by Crippen LogP contribution is -2.36. The Kier molecular flexibility index (Phi) is 6.27. The van der Waals surface area contributed by atoms with E-state index in [-0.39, 0.29) is 18.4 Å². The summed E-state index contributed by atoms with van der Waals surface area (Å²) in [5.41, 5.74) is 0.760. The maximum Gasteiger partial charge on any atom is 0.266 e. The molecular formula is C19H17N3O4S2. The normalized spacial score (nSPS) is 15.1. The molecule has 3 rings (SSSR count). The topological polar surface area (TPSA) is 80.8 Å². The molecule has 28 heavy (non-hydrogen) atoms. The standard InChI is InChI=1S/C19H17N3O4S2/c1-25-13-7-6-12(9-14(13)26-2)10-15-18(24)22(19(27)28-15)11-17(23)21-16-5-3-4-8-20-16/h3-10H,11H2,1-2H3,(H,20,21,23)/b15-10+. The molecule has 0 bridgehead atoms. The minimum absolute atomic E-state index is 0.176. The number of ether oxygens (including phenoxy) is 2. The van der Waals surface area contributed by atoms with Gasteiger partial charge in [0.25, 0.3) is 5.91 Å². The lowest BCUT2D eigenvalue weighted by atomic mass is 10.2.